The molecule has 3 nitrogen and oxygen atoms in total. The van der Waals surface area contributed by atoms with Crippen molar-refractivity contribution in [3.63, 3.8) is 0 Å². The molecule has 0 spiro atoms. The SMILES string of the molecule is N#Cc1c(-c2ccccc2)c(-c2ccccc2)n(Cc2ccccc2)c1/N=C/c1ccc2ccccc2c1. The molecule has 3 heteroatoms. The van der Waals surface area contributed by atoms with Gasteiger partial charge >= 0.3 is 0 Å². The van der Waals surface area contributed by atoms with E-state index < -0.39 is 0 Å². The summed E-state index contributed by atoms with van der Waals surface area (Å²) in [5.74, 6) is 0.655. The molecule has 0 amide bonds. The molecule has 0 unspecified atom stereocenters. The first-order valence-corrected chi connectivity index (χ1v) is 12.7. The summed E-state index contributed by atoms with van der Waals surface area (Å²) in [5.41, 5.74) is 6.64. The van der Waals surface area contributed by atoms with Crippen LogP contribution in [0.25, 0.3) is 33.2 Å². The lowest BCUT2D eigenvalue weighted by atomic mass is 9.98. The molecule has 0 N–H and O–H groups in total. The maximum Gasteiger partial charge on any atom is 0.152 e. The quantitative estimate of drug-likeness (QED) is 0.217. The number of aromatic nitrogens is 1. The Morgan fingerprint density at radius 2 is 1.26 bits per heavy atom. The summed E-state index contributed by atoms with van der Waals surface area (Å²) >= 11 is 0. The Morgan fingerprint density at radius 1 is 0.658 bits per heavy atom. The lowest BCUT2D eigenvalue weighted by molar-refractivity contribution is 0.816. The maximum absolute atomic E-state index is 10.5. The van der Waals surface area contributed by atoms with Crippen LogP contribution in [-0.4, -0.2) is 10.8 Å². The molecule has 0 saturated carbocycles. The second-order valence-electron chi connectivity index (χ2n) is 9.20. The zero-order valence-corrected chi connectivity index (χ0v) is 20.8. The fourth-order valence-electron chi connectivity index (χ4n) is 4.97. The lowest BCUT2D eigenvalue weighted by Gasteiger charge is -2.14. The molecular formula is C35H25N3. The highest BCUT2D eigenvalue weighted by Gasteiger charge is 2.25. The number of rotatable bonds is 6. The largest absolute Gasteiger partial charge is 0.320 e. The van der Waals surface area contributed by atoms with Gasteiger partial charge in [0.2, 0.25) is 0 Å². The van der Waals surface area contributed by atoms with Gasteiger partial charge in [-0.1, -0.05) is 127 Å². The standard InChI is InChI=1S/C35H25N3/c36-23-32-33(29-15-6-2-7-16-29)34(30-17-8-3-9-18-30)38(25-26-12-4-1-5-13-26)35(32)37-24-27-20-21-28-14-10-11-19-31(28)22-27/h1-22,24H,25H2/b37-24+. The fourth-order valence-corrected chi connectivity index (χ4v) is 4.97. The van der Waals surface area contributed by atoms with Crippen LogP contribution in [0.3, 0.4) is 0 Å². The molecule has 0 aliphatic heterocycles. The van der Waals surface area contributed by atoms with Crippen LogP contribution < -0.4 is 0 Å². The van der Waals surface area contributed by atoms with E-state index in [1.165, 1.54) is 5.39 Å². The number of fused-ring (bicyclic) bond motifs is 1. The third-order valence-electron chi connectivity index (χ3n) is 6.75. The van der Waals surface area contributed by atoms with E-state index in [1.54, 1.807) is 0 Å². The molecule has 0 radical (unpaired) electrons. The minimum Gasteiger partial charge on any atom is -0.320 e. The number of nitriles is 1. The lowest BCUT2D eigenvalue weighted by Crippen LogP contribution is -2.02. The van der Waals surface area contributed by atoms with Gasteiger partial charge in [0, 0.05) is 18.3 Å². The van der Waals surface area contributed by atoms with Gasteiger partial charge in [0.05, 0.1) is 5.69 Å². The molecule has 5 aromatic carbocycles. The van der Waals surface area contributed by atoms with E-state index in [0.29, 0.717) is 17.9 Å². The van der Waals surface area contributed by atoms with Crippen LogP contribution in [0.4, 0.5) is 5.82 Å². The van der Waals surface area contributed by atoms with E-state index in [1.807, 2.05) is 72.9 Å². The van der Waals surface area contributed by atoms with Crippen LogP contribution in [0.15, 0.2) is 138 Å². The summed E-state index contributed by atoms with van der Waals surface area (Å²) < 4.78 is 2.18. The monoisotopic (exact) mass is 487 g/mol. The van der Waals surface area contributed by atoms with Gasteiger partial charge in [-0.2, -0.15) is 5.26 Å². The van der Waals surface area contributed by atoms with E-state index in [-0.39, 0.29) is 0 Å². The molecule has 0 fully saturated rings. The number of hydrogen-bond acceptors (Lipinski definition) is 2. The van der Waals surface area contributed by atoms with Crippen LogP contribution in [0.5, 0.6) is 0 Å². The molecule has 0 aliphatic carbocycles. The van der Waals surface area contributed by atoms with Crippen molar-refractivity contribution in [3.8, 4) is 28.5 Å². The van der Waals surface area contributed by atoms with Gasteiger partial charge in [-0.15, -0.1) is 0 Å². The average Bonchev–Trinajstić information content (AvgIpc) is 3.30. The molecule has 0 aliphatic rings. The van der Waals surface area contributed by atoms with Crippen molar-refractivity contribution in [1.82, 2.24) is 4.57 Å². The second kappa shape index (κ2) is 10.4. The highest BCUT2D eigenvalue weighted by molar-refractivity contribution is 5.94. The van der Waals surface area contributed by atoms with Gasteiger partial charge in [0.15, 0.2) is 5.82 Å². The van der Waals surface area contributed by atoms with Crippen LogP contribution in [0.1, 0.15) is 16.7 Å². The number of hydrogen-bond donors (Lipinski definition) is 0. The third-order valence-corrected chi connectivity index (χ3v) is 6.75. The Morgan fingerprint density at radius 3 is 1.95 bits per heavy atom. The first-order chi connectivity index (χ1) is 18.8. The Hall–Kier alpha value is -5.20. The minimum atomic E-state index is 0.572. The van der Waals surface area contributed by atoms with Gasteiger partial charge in [-0.05, 0) is 39.1 Å². The summed E-state index contributed by atoms with van der Waals surface area (Å²) in [7, 11) is 0. The number of aliphatic imine (C=N–C) groups is 1. The molecule has 6 rings (SSSR count). The van der Waals surface area contributed by atoms with E-state index in [2.05, 4.69) is 77.4 Å². The first kappa shape index (κ1) is 23.2. The van der Waals surface area contributed by atoms with Gasteiger partial charge in [0.25, 0.3) is 0 Å². The molecule has 6 aromatic rings. The first-order valence-electron chi connectivity index (χ1n) is 12.7. The van der Waals surface area contributed by atoms with Crippen molar-refractivity contribution in [2.45, 2.75) is 6.54 Å². The molecule has 0 bridgehead atoms. The summed E-state index contributed by atoms with van der Waals surface area (Å²) in [6, 6.07) is 47.9. The van der Waals surface area contributed by atoms with E-state index in [4.69, 9.17) is 4.99 Å². The zero-order chi connectivity index (χ0) is 25.7. The van der Waals surface area contributed by atoms with Crippen LogP contribution in [-0.2, 0) is 6.54 Å². The van der Waals surface area contributed by atoms with Crippen LogP contribution >= 0.6 is 0 Å². The zero-order valence-electron chi connectivity index (χ0n) is 20.8. The van der Waals surface area contributed by atoms with Crippen molar-refractivity contribution in [3.05, 3.63) is 150 Å². The van der Waals surface area contributed by atoms with E-state index in [9.17, 15) is 5.26 Å². The molecule has 1 heterocycles. The summed E-state index contributed by atoms with van der Waals surface area (Å²) in [4.78, 5) is 5.00. The highest BCUT2D eigenvalue weighted by atomic mass is 15.1. The van der Waals surface area contributed by atoms with Crippen molar-refractivity contribution in [2.24, 2.45) is 4.99 Å². The molecular weight excluding hydrogens is 462 g/mol. The van der Waals surface area contributed by atoms with Gasteiger partial charge in [-0.3, -0.25) is 0 Å². The average molecular weight is 488 g/mol. The Kier molecular flexibility index (Phi) is 6.37. The predicted molar refractivity (Wildman–Crippen MR) is 157 cm³/mol. The number of benzene rings is 5. The fraction of sp³-hybridized carbons (Fsp3) is 0.0286. The van der Waals surface area contributed by atoms with Crippen LogP contribution in [0, 0.1) is 11.3 Å². The van der Waals surface area contributed by atoms with Crippen molar-refractivity contribution < 1.29 is 0 Å². The predicted octanol–water partition coefficient (Wildman–Crippen LogP) is 8.65. The highest BCUT2D eigenvalue weighted by Crippen LogP contribution is 2.43. The smallest absolute Gasteiger partial charge is 0.152 e. The van der Waals surface area contributed by atoms with Gasteiger partial charge < -0.3 is 4.57 Å². The maximum atomic E-state index is 10.5. The summed E-state index contributed by atoms with van der Waals surface area (Å²) in [6.45, 7) is 0.594. The summed E-state index contributed by atoms with van der Waals surface area (Å²) in [5, 5.41) is 12.9. The normalized spacial score (nSPS) is 11.1. The van der Waals surface area contributed by atoms with Crippen molar-refractivity contribution in [2.75, 3.05) is 0 Å². The minimum absolute atomic E-state index is 0.572. The van der Waals surface area contributed by atoms with Crippen LogP contribution in [0.2, 0.25) is 0 Å². The third kappa shape index (κ3) is 4.52. The summed E-state index contributed by atoms with van der Waals surface area (Å²) in [6.07, 6.45) is 1.87. The topological polar surface area (TPSA) is 41.1 Å². The molecule has 38 heavy (non-hydrogen) atoms. The van der Waals surface area contributed by atoms with Gasteiger partial charge in [-0.25, -0.2) is 4.99 Å². The Labute approximate surface area is 222 Å². The molecule has 1 aromatic heterocycles. The van der Waals surface area contributed by atoms with Crippen molar-refractivity contribution in [1.29, 1.82) is 5.26 Å². The van der Waals surface area contributed by atoms with Crippen molar-refractivity contribution >= 4 is 22.8 Å². The second-order valence-corrected chi connectivity index (χ2v) is 9.20. The number of nitrogens with zero attached hydrogens (tertiary/aromatic N) is 3. The van der Waals surface area contributed by atoms with Gasteiger partial charge in [0.1, 0.15) is 11.6 Å². The molecule has 0 saturated heterocycles. The Balaban J connectivity index is 1.60. The molecule has 0 atom stereocenters. The molecule has 180 valence electrons. The Bertz CT molecular complexity index is 1770. The van der Waals surface area contributed by atoms with E-state index in [0.717, 1.165) is 38.9 Å². The van der Waals surface area contributed by atoms with E-state index >= 15 is 0 Å².